The summed E-state index contributed by atoms with van der Waals surface area (Å²) in [5, 5.41) is 20.4. The zero-order chi connectivity index (χ0) is 24.5. The van der Waals surface area contributed by atoms with Crippen molar-refractivity contribution in [3.63, 3.8) is 0 Å². The van der Waals surface area contributed by atoms with E-state index in [4.69, 9.17) is 4.74 Å². The Morgan fingerprint density at radius 1 is 0.943 bits per heavy atom. The number of hydrogen-bond acceptors (Lipinski definition) is 6. The maximum Gasteiger partial charge on any atom is 0.409 e. The minimum absolute atomic E-state index is 0.0119. The lowest BCUT2D eigenvalue weighted by Gasteiger charge is -2.35. The summed E-state index contributed by atoms with van der Waals surface area (Å²) in [6.45, 7) is 1.96. The van der Waals surface area contributed by atoms with E-state index in [0.717, 1.165) is 11.1 Å². The van der Waals surface area contributed by atoms with Crippen LogP contribution in [-0.2, 0) is 4.74 Å². The van der Waals surface area contributed by atoms with Gasteiger partial charge < -0.3 is 19.6 Å². The summed E-state index contributed by atoms with van der Waals surface area (Å²) in [5.74, 6) is -1.36. The highest BCUT2D eigenvalue weighted by atomic mass is 16.6. The monoisotopic (exact) mass is 473 g/mol. The fourth-order valence-corrected chi connectivity index (χ4v) is 4.88. The van der Waals surface area contributed by atoms with Gasteiger partial charge in [0.05, 0.1) is 4.92 Å². The van der Waals surface area contributed by atoms with Crippen molar-refractivity contribution >= 4 is 23.4 Å². The van der Waals surface area contributed by atoms with Gasteiger partial charge in [-0.05, 0) is 34.4 Å². The average Bonchev–Trinajstić information content (AvgIpc) is 3.20. The number of carboxylic acids is 1. The minimum Gasteiger partial charge on any atom is -0.477 e. The van der Waals surface area contributed by atoms with E-state index in [1.54, 1.807) is 4.90 Å². The summed E-state index contributed by atoms with van der Waals surface area (Å²) >= 11 is 0. The number of ether oxygens (including phenoxy) is 1. The molecule has 0 radical (unpaired) electrons. The Kier molecular flexibility index (Phi) is 5.82. The second kappa shape index (κ2) is 9.09. The molecule has 3 aromatic rings. The molecule has 1 N–H and O–H groups in total. The number of anilines is 1. The molecular weight excluding hydrogens is 450 g/mol. The second-order valence-corrected chi connectivity index (χ2v) is 8.54. The van der Waals surface area contributed by atoms with Crippen LogP contribution < -0.4 is 4.90 Å². The first-order valence-electron chi connectivity index (χ1n) is 11.3. The normalized spacial score (nSPS) is 14.9. The summed E-state index contributed by atoms with van der Waals surface area (Å²) in [6.07, 6.45) is -0.388. The van der Waals surface area contributed by atoms with Gasteiger partial charge in [-0.3, -0.25) is 10.1 Å². The predicted octanol–water partition coefficient (Wildman–Crippen LogP) is 4.36. The molecule has 35 heavy (non-hydrogen) atoms. The lowest BCUT2D eigenvalue weighted by atomic mass is 9.98. The molecule has 1 heterocycles. The Hall–Kier alpha value is -4.40. The number of carbonyl (C=O) groups is 2. The van der Waals surface area contributed by atoms with Gasteiger partial charge >= 0.3 is 12.1 Å². The van der Waals surface area contributed by atoms with Crippen LogP contribution in [0.5, 0.6) is 0 Å². The van der Waals surface area contributed by atoms with Crippen LogP contribution in [-0.4, -0.2) is 59.8 Å². The van der Waals surface area contributed by atoms with Crippen LogP contribution in [0.2, 0.25) is 0 Å². The number of nitro groups is 1. The number of carbonyl (C=O) groups excluding carboxylic acids is 1. The highest BCUT2D eigenvalue weighted by molar-refractivity contribution is 5.93. The van der Waals surface area contributed by atoms with E-state index in [1.165, 1.54) is 29.3 Å². The van der Waals surface area contributed by atoms with Crippen molar-refractivity contribution in [2.75, 3.05) is 37.7 Å². The summed E-state index contributed by atoms with van der Waals surface area (Å²) < 4.78 is 5.73. The largest absolute Gasteiger partial charge is 0.477 e. The molecule has 0 atom stereocenters. The number of hydrogen-bond donors (Lipinski definition) is 1. The number of nitro benzene ring substituents is 1. The molecule has 0 saturated carbocycles. The van der Waals surface area contributed by atoms with Crippen LogP contribution in [0.4, 0.5) is 16.2 Å². The van der Waals surface area contributed by atoms with E-state index in [0.29, 0.717) is 31.9 Å². The Bertz CT molecular complexity index is 1270. The van der Waals surface area contributed by atoms with E-state index in [-0.39, 0.29) is 24.2 Å². The van der Waals surface area contributed by atoms with E-state index in [2.05, 4.69) is 24.3 Å². The number of carboxylic acid groups (broad SMARTS) is 1. The predicted molar refractivity (Wildman–Crippen MR) is 129 cm³/mol. The first-order valence-corrected chi connectivity index (χ1v) is 11.3. The first kappa shape index (κ1) is 22.4. The quantitative estimate of drug-likeness (QED) is 0.433. The van der Waals surface area contributed by atoms with Crippen LogP contribution in [0.3, 0.4) is 0 Å². The van der Waals surface area contributed by atoms with E-state index >= 15 is 0 Å². The van der Waals surface area contributed by atoms with Gasteiger partial charge in [-0.1, -0.05) is 48.5 Å². The number of aromatic carboxylic acids is 1. The highest BCUT2D eigenvalue weighted by Crippen LogP contribution is 2.44. The molecule has 1 aliphatic carbocycles. The molecule has 2 aliphatic rings. The van der Waals surface area contributed by atoms with E-state index < -0.39 is 16.6 Å². The van der Waals surface area contributed by atoms with Crippen molar-refractivity contribution in [2.24, 2.45) is 0 Å². The van der Waals surface area contributed by atoms with Gasteiger partial charge in [0.2, 0.25) is 0 Å². The average molecular weight is 473 g/mol. The zero-order valence-corrected chi connectivity index (χ0v) is 18.8. The van der Waals surface area contributed by atoms with E-state index in [9.17, 15) is 24.8 Å². The van der Waals surface area contributed by atoms with Crippen LogP contribution in [0, 0.1) is 10.1 Å². The fraction of sp³-hybridized carbons (Fsp3) is 0.231. The van der Waals surface area contributed by atoms with E-state index in [1.807, 2.05) is 29.2 Å². The van der Waals surface area contributed by atoms with Crippen molar-refractivity contribution < 1.29 is 24.4 Å². The minimum atomic E-state index is -1.35. The summed E-state index contributed by atoms with van der Waals surface area (Å²) in [6, 6.07) is 20.4. The van der Waals surface area contributed by atoms with Crippen molar-refractivity contribution in [3.05, 3.63) is 93.5 Å². The zero-order valence-electron chi connectivity index (χ0n) is 18.8. The number of rotatable bonds is 5. The molecule has 1 fully saturated rings. The van der Waals surface area contributed by atoms with Gasteiger partial charge in [0.25, 0.3) is 5.69 Å². The Morgan fingerprint density at radius 2 is 1.54 bits per heavy atom. The third kappa shape index (κ3) is 4.16. The summed E-state index contributed by atoms with van der Waals surface area (Å²) in [5.41, 5.74) is 4.41. The lowest BCUT2D eigenvalue weighted by molar-refractivity contribution is -0.385. The van der Waals surface area contributed by atoms with Crippen molar-refractivity contribution in [1.29, 1.82) is 0 Å². The number of piperazine rings is 1. The Morgan fingerprint density at radius 3 is 2.11 bits per heavy atom. The topological polar surface area (TPSA) is 113 Å². The molecule has 0 aromatic heterocycles. The SMILES string of the molecule is O=C(O)c1cc(N2CCN(C(=O)OCC3c4ccccc4-c4ccccc43)CC2)ccc1[N+](=O)[O-]. The number of amides is 1. The van der Waals surface area contributed by atoms with Gasteiger partial charge in [-0.2, -0.15) is 0 Å². The maximum atomic E-state index is 12.8. The maximum absolute atomic E-state index is 12.8. The fourth-order valence-electron chi connectivity index (χ4n) is 4.88. The van der Waals surface area contributed by atoms with Gasteiger partial charge in [-0.15, -0.1) is 0 Å². The van der Waals surface area contributed by atoms with Gasteiger partial charge in [-0.25, -0.2) is 9.59 Å². The molecule has 5 rings (SSSR count). The lowest BCUT2D eigenvalue weighted by Crippen LogP contribution is -2.49. The molecule has 0 spiro atoms. The van der Waals surface area contributed by atoms with Crippen LogP contribution in [0.15, 0.2) is 66.7 Å². The first-order chi connectivity index (χ1) is 16.9. The standard InChI is InChI=1S/C26H23N3O6/c30-25(31)22-15-17(9-10-24(22)29(33)34)27-11-13-28(14-12-27)26(32)35-16-23-20-7-3-1-5-18(20)19-6-2-4-8-21(19)23/h1-10,15,23H,11-14,16H2,(H,30,31). The van der Waals surface area contributed by atoms with Crippen LogP contribution in [0.1, 0.15) is 27.4 Å². The van der Waals surface area contributed by atoms with Crippen LogP contribution in [0.25, 0.3) is 11.1 Å². The molecule has 178 valence electrons. The molecule has 0 bridgehead atoms. The molecule has 1 saturated heterocycles. The molecule has 9 heteroatoms. The molecule has 1 aliphatic heterocycles. The molecular formula is C26H23N3O6. The highest BCUT2D eigenvalue weighted by Gasteiger charge is 2.31. The Balaban J connectivity index is 1.22. The van der Waals surface area contributed by atoms with Gasteiger partial charge in [0, 0.05) is 43.9 Å². The Labute approximate surface area is 201 Å². The van der Waals surface area contributed by atoms with Gasteiger partial charge in [0.15, 0.2) is 0 Å². The van der Waals surface area contributed by atoms with Crippen molar-refractivity contribution in [3.8, 4) is 11.1 Å². The van der Waals surface area contributed by atoms with Crippen molar-refractivity contribution in [2.45, 2.75) is 5.92 Å². The van der Waals surface area contributed by atoms with Crippen molar-refractivity contribution in [1.82, 2.24) is 4.90 Å². The molecule has 3 aromatic carbocycles. The molecule has 1 amide bonds. The smallest absolute Gasteiger partial charge is 0.409 e. The van der Waals surface area contributed by atoms with Crippen LogP contribution >= 0.6 is 0 Å². The summed E-state index contributed by atoms with van der Waals surface area (Å²) in [7, 11) is 0. The summed E-state index contributed by atoms with van der Waals surface area (Å²) in [4.78, 5) is 38.2. The third-order valence-corrected chi connectivity index (χ3v) is 6.65. The number of fused-ring (bicyclic) bond motifs is 3. The second-order valence-electron chi connectivity index (χ2n) is 8.54. The molecule has 9 nitrogen and oxygen atoms in total. The van der Waals surface area contributed by atoms with Gasteiger partial charge in [0.1, 0.15) is 12.2 Å². The third-order valence-electron chi connectivity index (χ3n) is 6.65. The number of benzene rings is 3. The number of nitrogens with zero attached hydrogens (tertiary/aromatic N) is 3. The molecule has 0 unspecified atom stereocenters.